The van der Waals surface area contributed by atoms with Crippen LogP contribution in [0.15, 0.2) is 18.2 Å². The molecule has 1 aliphatic carbocycles. The number of fused-ring (bicyclic) bond motifs is 1. The van der Waals surface area contributed by atoms with Crippen LogP contribution in [0.4, 0.5) is 10.5 Å². The van der Waals surface area contributed by atoms with Crippen LogP contribution >= 0.6 is 0 Å². The Kier molecular flexibility index (Phi) is 9.46. The van der Waals surface area contributed by atoms with Gasteiger partial charge in [0.25, 0.3) is 0 Å². The molecule has 3 atom stereocenters. The molecule has 0 radical (unpaired) electrons. The number of carbonyl (C=O) groups is 2. The van der Waals surface area contributed by atoms with Gasteiger partial charge in [-0.2, -0.15) is 0 Å². The zero-order valence-corrected chi connectivity index (χ0v) is 22.5. The summed E-state index contributed by atoms with van der Waals surface area (Å²) in [7, 11) is -1.76. The van der Waals surface area contributed by atoms with Crippen LogP contribution in [0.5, 0.6) is 5.75 Å². The average Bonchev–Trinajstić information content (AvgIpc) is 2.86. The number of rotatable bonds is 7. The summed E-state index contributed by atoms with van der Waals surface area (Å²) in [5, 5.41) is 12.9. The van der Waals surface area contributed by atoms with Crippen LogP contribution in [0.1, 0.15) is 51.5 Å². The van der Waals surface area contributed by atoms with Crippen molar-refractivity contribution in [3.63, 3.8) is 0 Å². The number of carbonyl (C=O) groups excluding carboxylic acids is 2. The Morgan fingerprint density at radius 3 is 2.61 bits per heavy atom. The molecule has 3 amide bonds. The highest BCUT2D eigenvalue weighted by atomic mass is 32.2. The van der Waals surface area contributed by atoms with Crippen LogP contribution < -0.4 is 14.8 Å². The van der Waals surface area contributed by atoms with Crippen LogP contribution in [-0.2, 0) is 21.2 Å². The van der Waals surface area contributed by atoms with Gasteiger partial charge in [-0.1, -0.05) is 26.2 Å². The standard InChI is InChI=1S/C25H40N4O6S/c1-17-14-29(18(2)16-30)24(31)13-19-12-21(27-36(4,33)34)10-11-22(19)35-23(17)15-28(3)25(32)26-20-8-6-5-7-9-20/h10-12,17-18,20,23,27,30H,5-9,13-16H2,1-4H3,(H,26,32)/t17-,18+,23-/m0/s1. The van der Waals surface area contributed by atoms with Crippen LogP contribution in [0.25, 0.3) is 0 Å². The Labute approximate surface area is 214 Å². The third-order valence-corrected chi connectivity index (χ3v) is 7.56. The zero-order valence-electron chi connectivity index (χ0n) is 21.7. The van der Waals surface area contributed by atoms with E-state index < -0.39 is 22.2 Å². The van der Waals surface area contributed by atoms with Gasteiger partial charge in [-0.25, -0.2) is 13.2 Å². The number of urea groups is 1. The number of anilines is 1. The first-order valence-corrected chi connectivity index (χ1v) is 14.5. The summed E-state index contributed by atoms with van der Waals surface area (Å²) in [5.41, 5.74) is 0.874. The average molecular weight is 525 g/mol. The maximum Gasteiger partial charge on any atom is 0.317 e. The number of nitrogens with zero attached hydrogens (tertiary/aromatic N) is 2. The van der Waals surface area contributed by atoms with E-state index in [1.807, 2.05) is 6.92 Å². The summed E-state index contributed by atoms with van der Waals surface area (Å²) in [4.78, 5) is 29.4. The number of hydrogen-bond donors (Lipinski definition) is 3. The first-order chi connectivity index (χ1) is 17.0. The van der Waals surface area contributed by atoms with Gasteiger partial charge in [-0.05, 0) is 38.0 Å². The van der Waals surface area contributed by atoms with E-state index in [0.717, 1.165) is 31.9 Å². The van der Waals surface area contributed by atoms with Crippen molar-refractivity contribution in [1.82, 2.24) is 15.1 Å². The molecule has 1 saturated carbocycles. The van der Waals surface area contributed by atoms with Crippen LogP contribution in [0, 0.1) is 5.92 Å². The molecule has 0 bridgehead atoms. The highest BCUT2D eigenvalue weighted by Gasteiger charge is 2.32. The second-order valence-corrected chi connectivity index (χ2v) is 12.0. The molecule has 0 aromatic heterocycles. The lowest BCUT2D eigenvalue weighted by molar-refractivity contribution is -0.134. The minimum absolute atomic E-state index is 0.00357. The molecular weight excluding hydrogens is 484 g/mol. The third kappa shape index (κ3) is 7.73. The highest BCUT2D eigenvalue weighted by Crippen LogP contribution is 2.29. The van der Waals surface area contributed by atoms with E-state index in [2.05, 4.69) is 10.0 Å². The number of benzene rings is 1. The minimum Gasteiger partial charge on any atom is -0.488 e. The van der Waals surface area contributed by atoms with Crippen LogP contribution in [-0.4, -0.2) is 86.4 Å². The second-order valence-electron chi connectivity index (χ2n) is 10.2. The van der Waals surface area contributed by atoms with Crippen LogP contribution in [0.3, 0.4) is 0 Å². The van der Waals surface area contributed by atoms with Gasteiger partial charge < -0.3 is 25.0 Å². The van der Waals surface area contributed by atoms with Crippen molar-refractivity contribution in [2.24, 2.45) is 5.92 Å². The predicted molar refractivity (Wildman–Crippen MR) is 138 cm³/mol. The number of sulfonamides is 1. The Bertz CT molecular complexity index is 1030. The molecule has 11 heteroatoms. The molecule has 3 rings (SSSR count). The first kappa shape index (κ1) is 28.0. The molecule has 1 aliphatic heterocycles. The molecule has 10 nitrogen and oxygen atoms in total. The van der Waals surface area contributed by atoms with Gasteiger partial charge in [-0.3, -0.25) is 9.52 Å². The number of amides is 3. The van der Waals surface area contributed by atoms with Crippen molar-refractivity contribution in [2.75, 3.05) is 37.7 Å². The van der Waals surface area contributed by atoms with Gasteiger partial charge >= 0.3 is 6.03 Å². The Hall–Kier alpha value is -2.53. The number of aliphatic hydroxyl groups excluding tert-OH is 1. The normalized spacial score (nSPS) is 22.4. The fraction of sp³-hybridized carbons (Fsp3) is 0.680. The second kappa shape index (κ2) is 12.1. The van der Waals surface area contributed by atoms with Crippen molar-refractivity contribution in [2.45, 2.75) is 70.6 Å². The number of hydrogen-bond acceptors (Lipinski definition) is 6. The van der Waals surface area contributed by atoms with Crippen molar-refractivity contribution in [3.8, 4) is 5.75 Å². The molecule has 202 valence electrons. The van der Waals surface area contributed by atoms with E-state index in [1.165, 1.54) is 6.42 Å². The quantitative estimate of drug-likeness (QED) is 0.502. The SMILES string of the molecule is C[C@H](CO)N1C[C@H](C)[C@H](CN(C)C(=O)NC2CCCCC2)Oc2ccc(NS(C)(=O)=O)cc2CC1=O. The molecule has 0 spiro atoms. The summed E-state index contributed by atoms with van der Waals surface area (Å²) in [6.07, 6.45) is 6.06. The minimum atomic E-state index is -3.50. The van der Waals surface area contributed by atoms with Crippen molar-refractivity contribution in [1.29, 1.82) is 0 Å². The van der Waals surface area contributed by atoms with Gasteiger partial charge in [0.2, 0.25) is 15.9 Å². The van der Waals surface area contributed by atoms with E-state index in [1.54, 1.807) is 42.0 Å². The molecule has 1 heterocycles. The Morgan fingerprint density at radius 1 is 1.28 bits per heavy atom. The molecule has 36 heavy (non-hydrogen) atoms. The summed E-state index contributed by atoms with van der Waals surface area (Å²) >= 11 is 0. The van der Waals surface area contributed by atoms with Gasteiger partial charge in [-0.15, -0.1) is 0 Å². The van der Waals surface area contributed by atoms with Gasteiger partial charge in [0.15, 0.2) is 0 Å². The lowest BCUT2D eigenvalue weighted by Crippen LogP contribution is -2.50. The van der Waals surface area contributed by atoms with Crippen molar-refractivity contribution >= 4 is 27.6 Å². The molecule has 1 aromatic carbocycles. The number of aliphatic hydroxyl groups is 1. The number of likely N-dealkylation sites (N-methyl/N-ethyl adjacent to an activating group) is 1. The molecular formula is C25H40N4O6S. The number of ether oxygens (including phenoxy) is 1. The summed E-state index contributed by atoms with van der Waals surface area (Å²) in [6, 6.07) is 4.49. The third-order valence-electron chi connectivity index (χ3n) is 6.95. The van der Waals surface area contributed by atoms with Crippen molar-refractivity contribution in [3.05, 3.63) is 23.8 Å². The van der Waals surface area contributed by atoms with Gasteiger partial charge in [0.1, 0.15) is 11.9 Å². The topological polar surface area (TPSA) is 128 Å². The molecule has 1 fully saturated rings. The van der Waals surface area contributed by atoms with Crippen molar-refractivity contribution < 1.29 is 27.9 Å². The molecule has 0 unspecified atom stereocenters. The summed E-state index contributed by atoms with van der Waals surface area (Å²) < 4.78 is 32.3. The Balaban J connectivity index is 1.86. The summed E-state index contributed by atoms with van der Waals surface area (Å²) in [6.45, 7) is 4.22. The van der Waals surface area contributed by atoms with Gasteiger partial charge in [0, 0.05) is 36.8 Å². The molecule has 0 saturated heterocycles. The maximum absolute atomic E-state index is 13.2. The fourth-order valence-corrected chi connectivity index (χ4v) is 5.36. The van der Waals surface area contributed by atoms with E-state index in [9.17, 15) is 23.1 Å². The summed E-state index contributed by atoms with van der Waals surface area (Å²) in [5.74, 6) is 0.139. The lowest BCUT2D eigenvalue weighted by atomic mass is 9.96. The fourth-order valence-electron chi connectivity index (χ4n) is 4.81. The molecule has 2 aliphatic rings. The monoisotopic (exact) mass is 524 g/mol. The predicted octanol–water partition coefficient (Wildman–Crippen LogP) is 2.18. The van der Waals surface area contributed by atoms with Crippen LogP contribution in [0.2, 0.25) is 0 Å². The van der Waals surface area contributed by atoms with E-state index in [0.29, 0.717) is 30.1 Å². The lowest BCUT2D eigenvalue weighted by Gasteiger charge is -2.34. The first-order valence-electron chi connectivity index (χ1n) is 12.7. The highest BCUT2D eigenvalue weighted by molar-refractivity contribution is 7.92. The molecule has 3 N–H and O–H groups in total. The molecule has 1 aromatic rings. The maximum atomic E-state index is 13.2. The number of nitrogens with one attached hydrogen (secondary N) is 2. The smallest absolute Gasteiger partial charge is 0.317 e. The van der Waals surface area contributed by atoms with E-state index >= 15 is 0 Å². The van der Waals surface area contributed by atoms with Gasteiger partial charge in [0.05, 0.1) is 31.9 Å². The zero-order chi connectivity index (χ0) is 26.5. The Morgan fingerprint density at radius 2 is 1.97 bits per heavy atom. The largest absolute Gasteiger partial charge is 0.488 e. The van der Waals surface area contributed by atoms with E-state index in [-0.39, 0.29) is 36.9 Å². The van der Waals surface area contributed by atoms with E-state index in [4.69, 9.17) is 4.74 Å².